The van der Waals surface area contributed by atoms with Gasteiger partial charge in [-0.2, -0.15) is 0 Å². The molecule has 0 aromatic heterocycles. The molecule has 3 rings (SSSR count). The highest BCUT2D eigenvalue weighted by molar-refractivity contribution is 5.76. The molecule has 3 heterocycles. The summed E-state index contributed by atoms with van der Waals surface area (Å²) < 4.78 is 34.4. The highest BCUT2D eigenvalue weighted by Crippen LogP contribution is 2.33. The highest BCUT2D eigenvalue weighted by atomic mass is 16.8. The zero-order valence-electron chi connectivity index (χ0n) is 63.4. The Morgan fingerprint density at radius 1 is 0.347 bits per heavy atom. The number of carbonyl (C=O) groups excluding carboxylic acids is 1. The van der Waals surface area contributed by atoms with Crippen LogP contribution in [0, 0.1) is 0 Å². The van der Waals surface area contributed by atoms with E-state index in [-0.39, 0.29) is 18.9 Å². The van der Waals surface area contributed by atoms with Crippen LogP contribution < -0.4 is 5.32 Å². The van der Waals surface area contributed by atoms with Crippen LogP contribution in [-0.2, 0) is 33.2 Å². The van der Waals surface area contributed by atoms with Gasteiger partial charge in [-0.25, -0.2) is 0 Å². The van der Waals surface area contributed by atoms with Gasteiger partial charge in [0.15, 0.2) is 18.9 Å². The minimum absolute atomic E-state index is 0.235. The van der Waals surface area contributed by atoms with Crippen LogP contribution >= 0.6 is 0 Å². The molecule has 3 aliphatic heterocycles. The summed E-state index contributed by atoms with van der Waals surface area (Å²) in [5, 5.41) is 121. The molecule has 3 aliphatic rings. The summed E-state index contributed by atoms with van der Waals surface area (Å²) in [6, 6.07) is -0.997. The fraction of sp³-hybridized carbons (Fsp3) is 0.890. The van der Waals surface area contributed by atoms with Gasteiger partial charge in [0.2, 0.25) is 5.91 Å². The SMILES string of the molecule is CCCCCCCCCC/C=C\CCCCCCCCCCCCCCCCCCCCCCCC(=O)NC(COC1OC(CO)C(OC2OC(CO)C(OC3OC(CO)C(O)C(O)C3O)C(O)C2O)C(O)C1O)C(O)/C=C/CC/C=C/CC/C=C/CCCCCCCCCCCCCCC. The lowest BCUT2D eigenvalue weighted by Gasteiger charge is -2.48. The van der Waals surface area contributed by atoms with Crippen molar-refractivity contribution in [3.05, 3.63) is 48.6 Å². The Kier molecular flexibility index (Phi) is 57.8. The third-order valence-electron chi connectivity index (χ3n) is 20.6. The molecule has 0 bridgehead atoms. The normalized spacial score (nSPS) is 26.5. The molecule has 0 saturated carbocycles. The fourth-order valence-electron chi connectivity index (χ4n) is 13.9. The third kappa shape index (κ3) is 42.8. The highest BCUT2D eigenvalue weighted by Gasteiger charge is 2.54. The van der Waals surface area contributed by atoms with Gasteiger partial charge < -0.3 is 89.9 Å². The smallest absolute Gasteiger partial charge is 0.220 e. The van der Waals surface area contributed by atoms with Crippen molar-refractivity contribution in [1.29, 1.82) is 0 Å². The van der Waals surface area contributed by atoms with Crippen LogP contribution in [0.3, 0.4) is 0 Å². The first-order valence-corrected chi connectivity index (χ1v) is 41.4. The van der Waals surface area contributed by atoms with Crippen molar-refractivity contribution in [3.63, 3.8) is 0 Å². The second-order valence-corrected chi connectivity index (χ2v) is 29.6. The summed E-state index contributed by atoms with van der Waals surface area (Å²) in [5.41, 5.74) is 0. The van der Waals surface area contributed by atoms with Crippen molar-refractivity contribution in [1.82, 2.24) is 5.32 Å². The van der Waals surface area contributed by atoms with E-state index in [0.29, 0.717) is 12.8 Å². The Balaban J connectivity index is 1.36. The topological polar surface area (TPSA) is 307 Å². The fourth-order valence-corrected chi connectivity index (χ4v) is 13.9. The second kappa shape index (κ2) is 62.8. The monoisotopic (exact) mass is 1440 g/mol. The molecule has 1 amide bonds. The Hall–Kier alpha value is -2.25. The van der Waals surface area contributed by atoms with E-state index in [2.05, 4.69) is 55.6 Å². The number of aliphatic hydroxyl groups excluding tert-OH is 11. The largest absolute Gasteiger partial charge is 0.394 e. The van der Waals surface area contributed by atoms with Crippen LogP contribution in [0.5, 0.6) is 0 Å². The van der Waals surface area contributed by atoms with Gasteiger partial charge in [-0.05, 0) is 70.6 Å². The first kappa shape index (κ1) is 93.0. The zero-order valence-corrected chi connectivity index (χ0v) is 63.4. The van der Waals surface area contributed by atoms with E-state index in [1.54, 1.807) is 6.08 Å². The molecule has 3 fully saturated rings. The summed E-state index contributed by atoms with van der Waals surface area (Å²) >= 11 is 0. The quantitative estimate of drug-likeness (QED) is 0.0199. The van der Waals surface area contributed by atoms with Gasteiger partial charge in [0, 0.05) is 6.42 Å². The van der Waals surface area contributed by atoms with Crippen LogP contribution in [0.4, 0.5) is 0 Å². The predicted octanol–water partition coefficient (Wildman–Crippen LogP) is 14.1. The van der Waals surface area contributed by atoms with Crippen molar-refractivity contribution in [2.45, 2.75) is 439 Å². The average Bonchev–Trinajstić information content (AvgIpc) is 0.783. The van der Waals surface area contributed by atoms with Crippen molar-refractivity contribution in [3.8, 4) is 0 Å². The number of hydrogen-bond donors (Lipinski definition) is 12. The van der Waals surface area contributed by atoms with E-state index in [9.17, 15) is 61.0 Å². The number of hydrogen-bond acceptors (Lipinski definition) is 18. The summed E-state index contributed by atoms with van der Waals surface area (Å²) in [4.78, 5) is 13.5. The molecule has 101 heavy (non-hydrogen) atoms. The lowest BCUT2D eigenvalue weighted by atomic mass is 9.96. The zero-order chi connectivity index (χ0) is 73.2. The average molecular weight is 1440 g/mol. The standard InChI is InChI=1S/C82H151NO18/c1-3-5-7-9-11-13-15-17-19-21-23-25-27-28-29-30-31-32-33-34-35-36-38-40-42-44-46-48-50-52-54-56-58-60-70(88)83-65(66(87)59-57-55-53-51-49-47-45-43-41-39-37-26-24-22-20-18-16-14-12-10-8-6-4-2)64-96-80-76(94)73(91)78(68(62-85)98-80)101-82-77(95)74(92)79(69(63-86)99-82)100-81-75(93)72(90)71(89)67(61-84)97-81/h21,23,41,43,49,51,57,59,65-69,71-82,84-87,89-95H,3-20,22,24-40,42,44-48,50,52-56,58,60-64H2,1-2H3,(H,83,88)/b23-21-,43-41+,51-49+,59-57+. The first-order valence-electron chi connectivity index (χ1n) is 41.4. The maximum Gasteiger partial charge on any atom is 0.220 e. The molecule has 0 aromatic carbocycles. The van der Waals surface area contributed by atoms with Crippen LogP contribution in [-0.4, -0.2) is 193 Å². The van der Waals surface area contributed by atoms with Gasteiger partial charge in [-0.3, -0.25) is 4.79 Å². The Bertz CT molecular complexity index is 2010. The first-order chi connectivity index (χ1) is 49.3. The minimum atomic E-state index is -1.98. The number of aliphatic hydroxyl groups is 11. The Labute approximate surface area is 612 Å². The molecule has 0 spiro atoms. The van der Waals surface area contributed by atoms with Crippen molar-refractivity contribution in [2.75, 3.05) is 26.4 Å². The second-order valence-electron chi connectivity index (χ2n) is 29.6. The summed E-state index contributed by atoms with van der Waals surface area (Å²) in [6.45, 7) is 1.75. The van der Waals surface area contributed by atoms with Gasteiger partial charge in [-0.1, -0.05) is 306 Å². The number of ether oxygens (including phenoxy) is 6. The molecular formula is C82H151NO18. The summed E-state index contributed by atoms with van der Waals surface area (Å²) in [5.74, 6) is -0.284. The number of rotatable bonds is 66. The van der Waals surface area contributed by atoms with Crippen molar-refractivity contribution in [2.24, 2.45) is 0 Å². The van der Waals surface area contributed by atoms with Crippen LogP contribution in [0.15, 0.2) is 48.6 Å². The van der Waals surface area contributed by atoms with Gasteiger partial charge in [0.25, 0.3) is 0 Å². The van der Waals surface area contributed by atoms with Gasteiger partial charge >= 0.3 is 0 Å². The molecular weight excluding hydrogens is 1290 g/mol. The van der Waals surface area contributed by atoms with Crippen molar-refractivity contribution >= 4 is 5.91 Å². The molecule has 12 N–H and O–H groups in total. The van der Waals surface area contributed by atoms with Gasteiger partial charge in [-0.15, -0.1) is 0 Å². The van der Waals surface area contributed by atoms with E-state index in [1.165, 1.54) is 257 Å². The van der Waals surface area contributed by atoms with E-state index in [4.69, 9.17) is 28.4 Å². The number of nitrogens with one attached hydrogen (secondary N) is 1. The molecule has 19 heteroatoms. The molecule has 0 aromatic rings. The van der Waals surface area contributed by atoms with E-state index in [0.717, 1.165) is 44.9 Å². The molecule has 592 valence electrons. The molecule has 3 saturated heterocycles. The number of amides is 1. The number of carbonyl (C=O) groups is 1. The molecule has 17 atom stereocenters. The van der Waals surface area contributed by atoms with Gasteiger partial charge in [0.05, 0.1) is 38.6 Å². The summed E-state index contributed by atoms with van der Waals surface area (Å²) in [6.07, 6.45) is 52.6. The van der Waals surface area contributed by atoms with E-state index in [1.807, 2.05) is 6.08 Å². The molecule has 19 nitrogen and oxygen atoms in total. The summed E-state index contributed by atoms with van der Waals surface area (Å²) in [7, 11) is 0. The number of allylic oxidation sites excluding steroid dienone is 7. The maximum absolute atomic E-state index is 13.5. The lowest BCUT2D eigenvalue weighted by Crippen LogP contribution is -2.66. The minimum Gasteiger partial charge on any atom is -0.394 e. The van der Waals surface area contributed by atoms with E-state index >= 15 is 0 Å². The predicted molar refractivity (Wildman–Crippen MR) is 402 cm³/mol. The number of unbranched alkanes of at least 4 members (excludes halogenated alkanes) is 44. The van der Waals surface area contributed by atoms with Crippen molar-refractivity contribution < 1.29 is 89.4 Å². The molecule has 0 radical (unpaired) electrons. The van der Waals surface area contributed by atoms with Crippen LogP contribution in [0.25, 0.3) is 0 Å². The Morgan fingerprint density at radius 3 is 0.990 bits per heavy atom. The van der Waals surface area contributed by atoms with Crippen LogP contribution in [0.2, 0.25) is 0 Å². The molecule has 17 unspecified atom stereocenters. The lowest BCUT2D eigenvalue weighted by molar-refractivity contribution is -0.379. The van der Waals surface area contributed by atoms with E-state index < -0.39 is 124 Å². The third-order valence-corrected chi connectivity index (χ3v) is 20.6. The van der Waals surface area contributed by atoms with Crippen LogP contribution in [0.1, 0.15) is 335 Å². The maximum atomic E-state index is 13.5. The van der Waals surface area contributed by atoms with Gasteiger partial charge in [0.1, 0.15) is 73.2 Å². The molecule has 0 aliphatic carbocycles. The Morgan fingerprint density at radius 2 is 0.634 bits per heavy atom.